The number of hydrogen-bond acceptors (Lipinski definition) is 5. The van der Waals surface area contributed by atoms with Gasteiger partial charge in [-0.05, 0) is 47.9 Å². The third-order valence-electron chi connectivity index (χ3n) is 2.90. The molecule has 0 unspecified atom stereocenters. The number of rotatable bonds is 2. The van der Waals surface area contributed by atoms with Gasteiger partial charge in [0.05, 0.1) is 18.2 Å². The van der Waals surface area contributed by atoms with E-state index in [2.05, 4.69) is 15.3 Å². The summed E-state index contributed by atoms with van der Waals surface area (Å²) >= 11 is 0. The Morgan fingerprint density at radius 2 is 1.80 bits per heavy atom. The summed E-state index contributed by atoms with van der Waals surface area (Å²) in [6, 6.07) is 16.5. The van der Waals surface area contributed by atoms with E-state index in [0.717, 1.165) is 16.6 Å². The molecule has 0 spiro atoms. The molecule has 4 N–H and O–H groups in total. The first kappa shape index (κ1) is 19.1. The van der Waals surface area contributed by atoms with Crippen LogP contribution in [0.4, 0.5) is 11.4 Å². The average molecular weight is 333 g/mol. The number of aldehydes is 2. The van der Waals surface area contributed by atoms with Gasteiger partial charge < -0.3 is 10.4 Å². The van der Waals surface area contributed by atoms with Crippen molar-refractivity contribution in [1.82, 2.24) is 4.98 Å². The molecule has 0 saturated heterocycles. The minimum atomic E-state index is 0.194. The van der Waals surface area contributed by atoms with Crippen molar-refractivity contribution in [2.45, 2.75) is 0 Å². The highest BCUT2D eigenvalue weighted by Crippen LogP contribution is 2.19. The molecule has 0 atom stereocenters. The van der Waals surface area contributed by atoms with Crippen LogP contribution in [0.3, 0.4) is 0 Å². The first-order valence-corrected chi connectivity index (χ1v) is 6.98. The second kappa shape index (κ2) is 10.7. The standard InChI is InChI=1S/C9H6N2.C7H7N3.C2H2O2/c1-10-8-2-3-9-7(6-8)4-5-11-9;8-5-6-1-3-7(10-9)4-2-6;3-1-2-4/h2-6,11H;1-4,10H,9H2;1-2H. The number of H-pyrrole nitrogens is 1. The van der Waals surface area contributed by atoms with Crippen LogP contribution in [0.25, 0.3) is 15.7 Å². The van der Waals surface area contributed by atoms with E-state index in [1.54, 1.807) is 24.3 Å². The largest absolute Gasteiger partial charge is 0.361 e. The Morgan fingerprint density at radius 3 is 2.32 bits per heavy atom. The Balaban J connectivity index is 0.000000208. The second-order valence-electron chi connectivity index (χ2n) is 4.47. The lowest BCUT2D eigenvalue weighted by Crippen LogP contribution is -2.05. The maximum absolute atomic E-state index is 8.81. The SMILES string of the molecule is N#Cc1ccc(NN)cc1.O=CC=O.[C-]#[N+]c1ccc2[nH]ccc2c1. The zero-order valence-electron chi connectivity index (χ0n) is 13.1. The number of fused-ring (bicyclic) bond motifs is 1. The molecule has 25 heavy (non-hydrogen) atoms. The summed E-state index contributed by atoms with van der Waals surface area (Å²) in [5.41, 5.74) is 5.68. The number of nitrogens with zero attached hydrogens (tertiary/aromatic N) is 2. The molecule has 7 nitrogen and oxygen atoms in total. The van der Waals surface area contributed by atoms with Crippen LogP contribution in [0.15, 0.2) is 54.7 Å². The number of carbonyl (C=O) groups excluding carboxylic acids is 2. The van der Waals surface area contributed by atoms with Gasteiger partial charge in [-0.25, -0.2) is 4.85 Å². The molecule has 0 amide bonds. The second-order valence-corrected chi connectivity index (χ2v) is 4.47. The van der Waals surface area contributed by atoms with Crippen molar-refractivity contribution in [3.63, 3.8) is 0 Å². The highest BCUT2D eigenvalue weighted by atomic mass is 16.2. The van der Waals surface area contributed by atoms with Crippen LogP contribution in [-0.4, -0.2) is 17.6 Å². The topological polar surface area (TPSA) is 116 Å². The summed E-state index contributed by atoms with van der Waals surface area (Å²) in [6.07, 6.45) is 2.26. The predicted molar refractivity (Wildman–Crippen MR) is 95.7 cm³/mol. The molecule has 124 valence electrons. The summed E-state index contributed by atoms with van der Waals surface area (Å²) in [5.74, 6) is 5.11. The first-order valence-electron chi connectivity index (χ1n) is 6.98. The predicted octanol–water partition coefficient (Wildman–Crippen LogP) is 2.95. The number of hydrogen-bond donors (Lipinski definition) is 3. The van der Waals surface area contributed by atoms with E-state index in [9.17, 15) is 0 Å². The third-order valence-corrected chi connectivity index (χ3v) is 2.90. The van der Waals surface area contributed by atoms with Crippen LogP contribution in [0, 0.1) is 17.9 Å². The summed E-state index contributed by atoms with van der Waals surface area (Å²) in [7, 11) is 0. The molecule has 0 aliphatic heterocycles. The van der Waals surface area contributed by atoms with Gasteiger partial charge in [-0.2, -0.15) is 5.26 Å². The van der Waals surface area contributed by atoms with Gasteiger partial charge in [-0.3, -0.25) is 15.4 Å². The maximum Gasteiger partial charge on any atom is 0.187 e. The minimum absolute atomic E-state index is 0.194. The van der Waals surface area contributed by atoms with Gasteiger partial charge in [0, 0.05) is 17.4 Å². The molecule has 1 aromatic heterocycles. The lowest BCUT2D eigenvalue weighted by atomic mass is 10.2. The average Bonchev–Trinajstić information content (AvgIpc) is 3.16. The fourth-order valence-electron chi connectivity index (χ4n) is 1.75. The summed E-state index contributed by atoms with van der Waals surface area (Å²) in [5, 5.41) is 9.50. The fourth-order valence-corrected chi connectivity index (χ4v) is 1.75. The minimum Gasteiger partial charge on any atom is -0.361 e. The van der Waals surface area contributed by atoms with E-state index in [-0.39, 0.29) is 12.6 Å². The molecule has 3 rings (SSSR count). The summed E-state index contributed by atoms with van der Waals surface area (Å²) in [6.45, 7) is 6.79. The van der Waals surface area contributed by atoms with Crippen molar-refractivity contribution >= 4 is 34.9 Å². The van der Waals surface area contributed by atoms with Crippen LogP contribution < -0.4 is 11.3 Å². The van der Waals surface area contributed by atoms with Crippen LogP contribution >= 0.6 is 0 Å². The van der Waals surface area contributed by atoms with Crippen molar-refractivity contribution in [1.29, 1.82) is 5.26 Å². The molecular weight excluding hydrogens is 318 g/mol. The van der Waals surface area contributed by atoms with Gasteiger partial charge >= 0.3 is 0 Å². The Bertz CT molecular complexity index is 896. The normalized spacial score (nSPS) is 8.44. The van der Waals surface area contributed by atoms with Gasteiger partial charge in [-0.1, -0.05) is 6.07 Å². The van der Waals surface area contributed by atoms with Crippen molar-refractivity contribution in [2.75, 3.05) is 5.43 Å². The van der Waals surface area contributed by atoms with Crippen molar-refractivity contribution in [3.8, 4) is 6.07 Å². The van der Waals surface area contributed by atoms with Crippen LogP contribution in [0.1, 0.15) is 5.56 Å². The van der Waals surface area contributed by atoms with E-state index >= 15 is 0 Å². The van der Waals surface area contributed by atoms with Gasteiger partial charge in [-0.15, -0.1) is 0 Å². The Kier molecular flexibility index (Phi) is 8.20. The summed E-state index contributed by atoms with van der Waals surface area (Å²) in [4.78, 5) is 24.0. The van der Waals surface area contributed by atoms with Crippen molar-refractivity contribution < 1.29 is 9.59 Å². The zero-order chi connectivity index (χ0) is 18.5. The van der Waals surface area contributed by atoms with Crippen LogP contribution in [-0.2, 0) is 9.59 Å². The Labute approximate surface area is 144 Å². The van der Waals surface area contributed by atoms with Crippen LogP contribution in [0.5, 0.6) is 0 Å². The fraction of sp³-hybridized carbons (Fsp3) is 0. The van der Waals surface area contributed by atoms with Crippen LogP contribution in [0.2, 0.25) is 0 Å². The molecular formula is C18H15N5O2. The molecule has 0 aliphatic rings. The number of nitriles is 1. The maximum atomic E-state index is 8.81. The number of carbonyl (C=O) groups is 2. The highest BCUT2D eigenvalue weighted by Gasteiger charge is 1.94. The van der Waals surface area contributed by atoms with E-state index in [0.29, 0.717) is 11.3 Å². The lowest BCUT2D eigenvalue weighted by Gasteiger charge is -1.96. The number of aromatic amines is 1. The number of benzene rings is 2. The number of anilines is 1. The van der Waals surface area contributed by atoms with Gasteiger partial charge in [0.2, 0.25) is 0 Å². The molecule has 0 saturated carbocycles. The smallest absolute Gasteiger partial charge is 0.187 e. The molecule has 0 bridgehead atoms. The summed E-state index contributed by atoms with van der Waals surface area (Å²) < 4.78 is 0. The molecule has 7 heteroatoms. The van der Waals surface area contributed by atoms with Gasteiger partial charge in [0.25, 0.3) is 0 Å². The third kappa shape index (κ3) is 6.37. The van der Waals surface area contributed by atoms with Crippen molar-refractivity contribution in [2.24, 2.45) is 5.84 Å². The molecule has 3 aromatic rings. The van der Waals surface area contributed by atoms with E-state index in [4.69, 9.17) is 27.3 Å². The molecule has 0 radical (unpaired) electrons. The molecule has 1 heterocycles. The van der Waals surface area contributed by atoms with E-state index < -0.39 is 0 Å². The first-order chi connectivity index (χ1) is 12.2. The number of nitrogen functional groups attached to an aromatic ring is 1. The molecule has 2 aromatic carbocycles. The van der Waals surface area contributed by atoms with Gasteiger partial charge in [0.15, 0.2) is 18.3 Å². The van der Waals surface area contributed by atoms with Crippen molar-refractivity contribution in [3.05, 3.63) is 71.7 Å². The van der Waals surface area contributed by atoms with E-state index in [1.165, 1.54) is 0 Å². The number of aromatic nitrogens is 1. The lowest BCUT2D eigenvalue weighted by molar-refractivity contribution is -0.122. The highest BCUT2D eigenvalue weighted by molar-refractivity contribution is 6.09. The quantitative estimate of drug-likeness (QED) is 0.219. The zero-order valence-corrected chi connectivity index (χ0v) is 13.1. The van der Waals surface area contributed by atoms with E-state index in [1.807, 2.05) is 36.5 Å². The molecule has 0 fully saturated rings. The van der Waals surface area contributed by atoms with Gasteiger partial charge in [0.1, 0.15) is 0 Å². The number of nitrogens with two attached hydrogens (primary N) is 1. The monoisotopic (exact) mass is 333 g/mol. The Hall–Kier alpha value is -3.94. The number of hydrazine groups is 1. The Morgan fingerprint density at radius 1 is 1.12 bits per heavy atom. The molecule has 0 aliphatic carbocycles. The number of nitrogens with one attached hydrogen (secondary N) is 2.